The molecule has 0 saturated heterocycles. The van der Waals surface area contributed by atoms with Crippen LogP contribution in [0, 0.1) is 0 Å². The normalized spacial score (nSPS) is 11.3. The average molecular weight is 383 g/mol. The van der Waals surface area contributed by atoms with Gasteiger partial charge in [0.1, 0.15) is 0 Å². The fraction of sp³-hybridized carbons (Fsp3) is 0.105. The summed E-state index contributed by atoms with van der Waals surface area (Å²) in [6, 6.07) is 14.6. The summed E-state index contributed by atoms with van der Waals surface area (Å²) in [5, 5.41) is 4.24. The minimum Gasteiger partial charge on any atom is -0.364 e. The molecule has 1 heterocycles. The van der Waals surface area contributed by atoms with E-state index in [0.29, 0.717) is 22.5 Å². The molecule has 27 heavy (non-hydrogen) atoms. The number of carbonyl (C=O) groups excluding carboxylic acids is 2. The van der Waals surface area contributed by atoms with Crippen molar-refractivity contribution < 1.29 is 18.0 Å². The number of aromatic nitrogens is 2. The van der Waals surface area contributed by atoms with Crippen LogP contribution in [0.4, 0.5) is 0 Å². The topological polar surface area (TPSA) is 112 Å². The zero-order valence-electron chi connectivity index (χ0n) is 14.7. The van der Waals surface area contributed by atoms with E-state index in [4.69, 9.17) is 5.73 Å². The molecule has 0 spiro atoms. The molecule has 0 unspecified atom stereocenters. The number of rotatable bonds is 5. The second-order valence-corrected chi connectivity index (χ2v) is 8.11. The molecule has 0 bridgehead atoms. The molecule has 0 aliphatic carbocycles. The lowest BCUT2D eigenvalue weighted by Gasteiger charge is -2.09. The van der Waals surface area contributed by atoms with Gasteiger partial charge < -0.3 is 5.73 Å². The van der Waals surface area contributed by atoms with Crippen LogP contribution < -0.4 is 5.73 Å². The summed E-state index contributed by atoms with van der Waals surface area (Å²) in [7, 11) is -3.31. The molecule has 3 aromatic rings. The highest BCUT2D eigenvalue weighted by molar-refractivity contribution is 7.90. The Morgan fingerprint density at radius 3 is 2.07 bits per heavy atom. The Kier molecular flexibility index (Phi) is 4.67. The van der Waals surface area contributed by atoms with Crippen molar-refractivity contribution >= 4 is 21.5 Å². The van der Waals surface area contributed by atoms with Gasteiger partial charge in [0.15, 0.2) is 21.3 Å². The van der Waals surface area contributed by atoms with Gasteiger partial charge in [-0.15, -0.1) is 0 Å². The van der Waals surface area contributed by atoms with Gasteiger partial charge in [-0.05, 0) is 49.4 Å². The predicted octanol–water partition coefficient (Wildman–Crippen LogP) is 2.24. The SMILES string of the molecule is CC(=O)c1ccc(-n2nc(C(N)=O)cc2-c2ccc(S(C)(=O)=O)cc2)cc1. The number of benzene rings is 2. The fourth-order valence-electron chi connectivity index (χ4n) is 2.61. The molecule has 0 radical (unpaired) electrons. The van der Waals surface area contributed by atoms with Gasteiger partial charge in [-0.25, -0.2) is 13.1 Å². The molecule has 1 amide bonds. The Labute approximate surface area is 156 Å². The molecule has 8 heteroatoms. The second-order valence-electron chi connectivity index (χ2n) is 6.09. The molecule has 0 aliphatic rings. The first-order chi connectivity index (χ1) is 12.7. The summed E-state index contributed by atoms with van der Waals surface area (Å²) in [5.41, 5.74) is 7.86. The molecule has 0 saturated carbocycles. The smallest absolute Gasteiger partial charge is 0.269 e. The summed E-state index contributed by atoms with van der Waals surface area (Å²) in [6.45, 7) is 1.48. The third-order valence-electron chi connectivity index (χ3n) is 4.06. The van der Waals surface area contributed by atoms with E-state index in [9.17, 15) is 18.0 Å². The maximum atomic E-state index is 11.6. The van der Waals surface area contributed by atoms with Crippen LogP contribution >= 0.6 is 0 Å². The van der Waals surface area contributed by atoms with Crippen LogP contribution in [0.1, 0.15) is 27.8 Å². The maximum Gasteiger partial charge on any atom is 0.269 e. The van der Waals surface area contributed by atoms with E-state index in [1.54, 1.807) is 36.4 Å². The fourth-order valence-corrected chi connectivity index (χ4v) is 3.24. The van der Waals surface area contributed by atoms with Crippen molar-refractivity contribution in [1.82, 2.24) is 9.78 Å². The first-order valence-electron chi connectivity index (χ1n) is 7.98. The van der Waals surface area contributed by atoms with Gasteiger partial charge in [0.05, 0.1) is 16.3 Å². The van der Waals surface area contributed by atoms with Crippen LogP contribution in [0.15, 0.2) is 59.5 Å². The van der Waals surface area contributed by atoms with Gasteiger partial charge in [0.2, 0.25) is 0 Å². The van der Waals surface area contributed by atoms with Gasteiger partial charge in [-0.3, -0.25) is 9.59 Å². The van der Waals surface area contributed by atoms with E-state index < -0.39 is 15.7 Å². The Morgan fingerprint density at radius 2 is 1.59 bits per heavy atom. The van der Waals surface area contributed by atoms with Crippen LogP contribution in [0.2, 0.25) is 0 Å². The van der Waals surface area contributed by atoms with Crippen molar-refractivity contribution in [3.05, 3.63) is 65.9 Å². The summed E-state index contributed by atoms with van der Waals surface area (Å²) < 4.78 is 24.8. The number of nitrogens with two attached hydrogens (primary N) is 1. The lowest BCUT2D eigenvalue weighted by molar-refractivity contribution is 0.0992. The Hall–Kier alpha value is -3.26. The monoisotopic (exact) mass is 383 g/mol. The van der Waals surface area contributed by atoms with Gasteiger partial charge in [0.25, 0.3) is 5.91 Å². The summed E-state index contributed by atoms with van der Waals surface area (Å²) in [6.07, 6.45) is 1.13. The van der Waals surface area contributed by atoms with E-state index in [-0.39, 0.29) is 16.4 Å². The molecule has 2 aromatic carbocycles. The minimum atomic E-state index is -3.31. The molecule has 138 valence electrons. The molecular formula is C19H17N3O4S. The van der Waals surface area contributed by atoms with Crippen LogP contribution in [-0.4, -0.2) is 36.1 Å². The van der Waals surface area contributed by atoms with Gasteiger partial charge >= 0.3 is 0 Å². The quantitative estimate of drug-likeness (QED) is 0.679. The highest BCUT2D eigenvalue weighted by atomic mass is 32.2. The maximum absolute atomic E-state index is 11.6. The number of primary amides is 1. The van der Waals surface area contributed by atoms with E-state index >= 15 is 0 Å². The lowest BCUT2D eigenvalue weighted by atomic mass is 10.1. The molecule has 1 aromatic heterocycles. The Balaban J connectivity index is 2.12. The van der Waals surface area contributed by atoms with Crippen LogP contribution in [0.25, 0.3) is 16.9 Å². The number of ketones is 1. The number of Topliss-reactive ketones (excluding diaryl/α,β-unsaturated/α-hetero) is 1. The van der Waals surface area contributed by atoms with E-state index in [1.165, 1.54) is 29.8 Å². The summed E-state index contributed by atoms with van der Waals surface area (Å²) in [5.74, 6) is -0.737. The predicted molar refractivity (Wildman–Crippen MR) is 101 cm³/mol. The third kappa shape index (κ3) is 3.80. The van der Waals surface area contributed by atoms with Gasteiger partial charge in [-0.1, -0.05) is 12.1 Å². The van der Waals surface area contributed by atoms with Crippen molar-refractivity contribution in [2.75, 3.05) is 6.26 Å². The van der Waals surface area contributed by atoms with Crippen molar-refractivity contribution in [3.63, 3.8) is 0 Å². The largest absolute Gasteiger partial charge is 0.364 e. The third-order valence-corrected chi connectivity index (χ3v) is 5.19. The molecule has 0 fully saturated rings. The average Bonchev–Trinajstić information content (AvgIpc) is 3.07. The number of hydrogen-bond acceptors (Lipinski definition) is 5. The van der Waals surface area contributed by atoms with E-state index in [0.717, 1.165) is 6.26 Å². The number of nitrogens with zero attached hydrogens (tertiary/aromatic N) is 2. The summed E-state index contributed by atoms with van der Waals surface area (Å²) >= 11 is 0. The number of carbonyl (C=O) groups is 2. The van der Waals surface area contributed by atoms with Crippen molar-refractivity contribution in [1.29, 1.82) is 0 Å². The van der Waals surface area contributed by atoms with Crippen molar-refractivity contribution in [2.45, 2.75) is 11.8 Å². The van der Waals surface area contributed by atoms with Crippen molar-refractivity contribution in [3.8, 4) is 16.9 Å². The highest BCUT2D eigenvalue weighted by Crippen LogP contribution is 2.25. The van der Waals surface area contributed by atoms with Gasteiger partial charge in [0, 0.05) is 17.4 Å². The first-order valence-corrected chi connectivity index (χ1v) is 9.87. The van der Waals surface area contributed by atoms with E-state index in [1.807, 2.05) is 0 Å². The number of sulfone groups is 1. The lowest BCUT2D eigenvalue weighted by Crippen LogP contribution is -2.12. The molecule has 7 nitrogen and oxygen atoms in total. The number of hydrogen-bond donors (Lipinski definition) is 1. The van der Waals surface area contributed by atoms with E-state index in [2.05, 4.69) is 5.10 Å². The van der Waals surface area contributed by atoms with Crippen LogP contribution in [-0.2, 0) is 9.84 Å². The second kappa shape index (κ2) is 6.81. The Bertz CT molecular complexity index is 1130. The summed E-state index contributed by atoms with van der Waals surface area (Å²) in [4.78, 5) is 23.2. The standard InChI is InChI=1S/C19H17N3O4S/c1-12(23)13-3-7-15(8-4-13)22-18(11-17(21-22)19(20)24)14-5-9-16(10-6-14)27(2,25)26/h3-11H,1-2H3,(H2,20,24). The van der Waals surface area contributed by atoms with Gasteiger partial charge in [-0.2, -0.15) is 5.10 Å². The van der Waals surface area contributed by atoms with Crippen LogP contribution in [0.5, 0.6) is 0 Å². The first kappa shape index (κ1) is 18.5. The number of amides is 1. The Morgan fingerprint density at radius 1 is 1.00 bits per heavy atom. The molecule has 3 rings (SSSR count). The molecular weight excluding hydrogens is 366 g/mol. The zero-order chi connectivity index (χ0) is 19.8. The zero-order valence-corrected chi connectivity index (χ0v) is 15.5. The van der Waals surface area contributed by atoms with Crippen molar-refractivity contribution in [2.24, 2.45) is 5.73 Å². The molecule has 0 atom stereocenters. The molecule has 2 N–H and O–H groups in total. The van der Waals surface area contributed by atoms with Crippen LogP contribution in [0.3, 0.4) is 0 Å². The minimum absolute atomic E-state index is 0.0589. The highest BCUT2D eigenvalue weighted by Gasteiger charge is 2.16. The molecule has 0 aliphatic heterocycles.